The summed E-state index contributed by atoms with van der Waals surface area (Å²) in [5, 5.41) is 0.586. The Balaban J connectivity index is 2.06. The molecule has 1 aromatic rings. The summed E-state index contributed by atoms with van der Waals surface area (Å²) in [6.07, 6.45) is 0. The molecule has 1 aliphatic heterocycles. The lowest BCUT2D eigenvalue weighted by Crippen LogP contribution is -2.29. The normalized spacial score (nSPS) is 16.1. The van der Waals surface area contributed by atoms with Crippen molar-refractivity contribution in [1.82, 2.24) is 0 Å². The Labute approximate surface area is 93.9 Å². The molecule has 4 heteroatoms. The largest absolute Gasteiger partial charge is 0.492 e. The molecule has 1 fully saturated rings. The highest BCUT2D eigenvalue weighted by Crippen LogP contribution is 2.32. The second-order valence-electron chi connectivity index (χ2n) is 3.41. The fourth-order valence-electron chi connectivity index (χ4n) is 1.34. The first kappa shape index (κ1) is 10.6. The third kappa shape index (κ3) is 2.58. The zero-order valence-electron chi connectivity index (χ0n) is 8.73. The molecule has 0 saturated carbocycles. The first-order valence-corrected chi connectivity index (χ1v) is 5.94. The van der Waals surface area contributed by atoms with Gasteiger partial charge in [0.15, 0.2) is 0 Å². The van der Waals surface area contributed by atoms with Crippen molar-refractivity contribution in [3.63, 3.8) is 0 Å². The second kappa shape index (κ2) is 4.77. The predicted octanol–water partition coefficient (Wildman–Crippen LogP) is 2.16. The van der Waals surface area contributed by atoms with Crippen molar-refractivity contribution >= 4 is 17.4 Å². The minimum absolute atomic E-state index is 0.586. The molecule has 1 saturated heterocycles. The zero-order chi connectivity index (χ0) is 10.7. The van der Waals surface area contributed by atoms with E-state index in [1.807, 2.05) is 36.9 Å². The van der Waals surface area contributed by atoms with Crippen LogP contribution in [0.4, 0.5) is 5.69 Å². The smallest absolute Gasteiger partial charge is 0.143 e. The number of ether oxygens (including phenoxy) is 2. The molecular weight excluding hydrogens is 210 g/mol. The Morgan fingerprint density at radius 3 is 2.93 bits per heavy atom. The van der Waals surface area contributed by atoms with Crippen LogP contribution in [0.15, 0.2) is 23.1 Å². The number of rotatable bonds is 4. The standard InChI is InChI=1S/C11H15NO2S/c1-2-14-11-5-8(3-4-10(11)12)15-9-6-13-7-9/h3-5,9H,2,6-7,12H2,1H3. The van der Waals surface area contributed by atoms with Crippen LogP contribution < -0.4 is 10.5 Å². The summed E-state index contributed by atoms with van der Waals surface area (Å²) in [4.78, 5) is 1.20. The topological polar surface area (TPSA) is 44.5 Å². The molecule has 15 heavy (non-hydrogen) atoms. The van der Waals surface area contributed by atoms with E-state index in [2.05, 4.69) is 0 Å². The summed E-state index contributed by atoms with van der Waals surface area (Å²) >= 11 is 1.82. The van der Waals surface area contributed by atoms with Crippen molar-refractivity contribution in [1.29, 1.82) is 0 Å². The number of hydrogen-bond donors (Lipinski definition) is 1. The van der Waals surface area contributed by atoms with Gasteiger partial charge in [-0.25, -0.2) is 0 Å². The number of nitrogen functional groups attached to an aromatic ring is 1. The molecule has 2 N–H and O–H groups in total. The van der Waals surface area contributed by atoms with E-state index in [0.717, 1.165) is 19.0 Å². The Morgan fingerprint density at radius 2 is 2.33 bits per heavy atom. The number of nitrogens with two attached hydrogens (primary N) is 1. The van der Waals surface area contributed by atoms with Gasteiger partial charge < -0.3 is 15.2 Å². The average molecular weight is 225 g/mol. The maximum atomic E-state index is 5.79. The average Bonchev–Trinajstić information content (AvgIpc) is 2.17. The SMILES string of the molecule is CCOc1cc(SC2COC2)ccc1N. The molecule has 0 aliphatic carbocycles. The van der Waals surface area contributed by atoms with Crippen LogP contribution in [-0.4, -0.2) is 25.1 Å². The van der Waals surface area contributed by atoms with Gasteiger partial charge in [0.2, 0.25) is 0 Å². The molecule has 0 amide bonds. The third-order valence-electron chi connectivity index (χ3n) is 2.20. The lowest BCUT2D eigenvalue weighted by Gasteiger charge is -2.25. The van der Waals surface area contributed by atoms with Crippen LogP contribution in [0.1, 0.15) is 6.92 Å². The van der Waals surface area contributed by atoms with E-state index in [0.29, 0.717) is 17.5 Å². The van der Waals surface area contributed by atoms with Crippen LogP contribution in [0.25, 0.3) is 0 Å². The molecule has 2 rings (SSSR count). The van der Waals surface area contributed by atoms with Crippen LogP contribution in [0, 0.1) is 0 Å². The van der Waals surface area contributed by atoms with Crippen molar-refractivity contribution in [2.75, 3.05) is 25.6 Å². The Hall–Kier alpha value is -0.870. The fourth-order valence-corrected chi connectivity index (χ4v) is 2.38. The van der Waals surface area contributed by atoms with Gasteiger partial charge in [0.05, 0.1) is 30.8 Å². The number of thioether (sulfide) groups is 1. The molecular formula is C11H15NO2S. The molecule has 82 valence electrons. The maximum absolute atomic E-state index is 5.79. The van der Waals surface area contributed by atoms with E-state index >= 15 is 0 Å². The Bertz CT molecular complexity index is 339. The summed E-state index contributed by atoms with van der Waals surface area (Å²) in [6, 6.07) is 5.93. The van der Waals surface area contributed by atoms with Crippen LogP contribution in [0.3, 0.4) is 0 Å². The summed E-state index contributed by atoms with van der Waals surface area (Å²) in [5.74, 6) is 0.780. The summed E-state index contributed by atoms with van der Waals surface area (Å²) < 4.78 is 10.6. The minimum atomic E-state index is 0.586. The van der Waals surface area contributed by atoms with E-state index in [1.54, 1.807) is 0 Å². The molecule has 0 spiro atoms. The van der Waals surface area contributed by atoms with Crippen molar-refractivity contribution < 1.29 is 9.47 Å². The van der Waals surface area contributed by atoms with Crippen molar-refractivity contribution in [2.45, 2.75) is 17.1 Å². The van der Waals surface area contributed by atoms with E-state index in [9.17, 15) is 0 Å². The molecule has 3 nitrogen and oxygen atoms in total. The summed E-state index contributed by atoms with van der Waals surface area (Å²) in [5.41, 5.74) is 6.49. The van der Waals surface area contributed by atoms with Crippen LogP contribution in [0.5, 0.6) is 5.75 Å². The fraction of sp³-hybridized carbons (Fsp3) is 0.455. The van der Waals surface area contributed by atoms with Crippen molar-refractivity contribution in [3.05, 3.63) is 18.2 Å². The Kier molecular flexibility index (Phi) is 3.38. The van der Waals surface area contributed by atoms with Gasteiger partial charge in [-0.2, -0.15) is 0 Å². The Morgan fingerprint density at radius 1 is 1.53 bits per heavy atom. The molecule has 1 heterocycles. The van der Waals surface area contributed by atoms with Crippen LogP contribution in [-0.2, 0) is 4.74 Å². The first-order chi connectivity index (χ1) is 7.29. The molecule has 1 aromatic carbocycles. The summed E-state index contributed by atoms with van der Waals surface area (Å²) in [7, 11) is 0. The quantitative estimate of drug-likeness (QED) is 0.797. The number of anilines is 1. The highest BCUT2D eigenvalue weighted by molar-refractivity contribution is 8.00. The van der Waals surface area contributed by atoms with Crippen molar-refractivity contribution in [3.8, 4) is 5.75 Å². The monoisotopic (exact) mass is 225 g/mol. The molecule has 0 unspecified atom stereocenters. The second-order valence-corrected chi connectivity index (χ2v) is 4.78. The van der Waals surface area contributed by atoms with E-state index in [4.69, 9.17) is 15.2 Å². The minimum Gasteiger partial charge on any atom is -0.492 e. The van der Waals surface area contributed by atoms with Gasteiger partial charge in [0.1, 0.15) is 5.75 Å². The maximum Gasteiger partial charge on any atom is 0.143 e. The lowest BCUT2D eigenvalue weighted by molar-refractivity contribution is 0.0455. The number of benzene rings is 1. The van der Waals surface area contributed by atoms with E-state index < -0.39 is 0 Å². The van der Waals surface area contributed by atoms with Gasteiger partial charge in [-0.1, -0.05) is 0 Å². The third-order valence-corrected chi connectivity index (χ3v) is 3.33. The van der Waals surface area contributed by atoms with Gasteiger partial charge in [0, 0.05) is 4.90 Å². The van der Waals surface area contributed by atoms with Gasteiger partial charge in [0.25, 0.3) is 0 Å². The van der Waals surface area contributed by atoms with E-state index in [-0.39, 0.29) is 0 Å². The molecule has 0 radical (unpaired) electrons. The van der Waals surface area contributed by atoms with Crippen LogP contribution in [0.2, 0.25) is 0 Å². The first-order valence-electron chi connectivity index (χ1n) is 5.06. The molecule has 1 aliphatic rings. The van der Waals surface area contributed by atoms with Gasteiger partial charge in [-0.3, -0.25) is 0 Å². The zero-order valence-corrected chi connectivity index (χ0v) is 9.55. The molecule has 0 bridgehead atoms. The van der Waals surface area contributed by atoms with Crippen LogP contribution >= 0.6 is 11.8 Å². The molecule has 0 aromatic heterocycles. The number of hydrogen-bond acceptors (Lipinski definition) is 4. The lowest BCUT2D eigenvalue weighted by atomic mass is 10.3. The van der Waals surface area contributed by atoms with Crippen molar-refractivity contribution in [2.24, 2.45) is 0 Å². The highest BCUT2D eigenvalue weighted by atomic mass is 32.2. The van der Waals surface area contributed by atoms with Gasteiger partial charge in [-0.05, 0) is 25.1 Å². The summed E-state index contributed by atoms with van der Waals surface area (Å²) in [6.45, 7) is 4.29. The highest BCUT2D eigenvalue weighted by Gasteiger charge is 2.19. The predicted molar refractivity (Wildman–Crippen MR) is 62.5 cm³/mol. The van der Waals surface area contributed by atoms with Gasteiger partial charge in [-0.15, -0.1) is 11.8 Å². The van der Waals surface area contributed by atoms with E-state index in [1.165, 1.54) is 4.90 Å². The van der Waals surface area contributed by atoms with Gasteiger partial charge >= 0.3 is 0 Å². The molecule has 0 atom stereocenters.